The fourth-order valence-corrected chi connectivity index (χ4v) is 2.63. The molecule has 1 N–H and O–H groups in total. The zero-order valence-electron chi connectivity index (χ0n) is 15.4. The van der Waals surface area contributed by atoms with Crippen LogP contribution < -0.4 is 10.2 Å². The fourth-order valence-electron chi connectivity index (χ4n) is 2.63. The molecule has 0 atom stereocenters. The highest BCUT2D eigenvalue weighted by molar-refractivity contribution is 5.64. The Morgan fingerprint density at radius 2 is 1.81 bits per heavy atom. The minimum Gasteiger partial charge on any atom is -0.364 e. The van der Waals surface area contributed by atoms with Crippen LogP contribution in [0.2, 0.25) is 0 Å². The summed E-state index contributed by atoms with van der Waals surface area (Å²) in [5.41, 5.74) is 2.98. The lowest BCUT2D eigenvalue weighted by Gasteiger charge is -2.19. The van der Waals surface area contributed by atoms with E-state index in [-0.39, 0.29) is 0 Å². The van der Waals surface area contributed by atoms with Crippen LogP contribution in [0.5, 0.6) is 0 Å². The number of hydrogen-bond acceptors (Lipinski definition) is 5. The first-order chi connectivity index (χ1) is 12.8. The molecule has 0 aliphatic carbocycles. The van der Waals surface area contributed by atoms with Gasteiger partial charge >= 0.3 is 0 Å². The van der Waals surface area contributed by atoms with Crippen molar-refractivity contribution in [1.82, 2.24) is 15.0 Å². The molecule has 0 unspecified atom stereocenters. The molecule has 5 nitrogen and oxygen atoms in total. The summed E-state index contributed by atoms with van der Waals surface area (Å²) in [5.74, 6) is 1.55. The minimum atomic E-state index is 0.629. The summed E-state index contributed by atoms with van der Waals surface area (Å²) in [6.45, 7) is 3.76. The van der Waals surface area contributed by atoms with Gasteiger partial charge in [-0.05, 0) is 18.6 Å². The number of nitrogens with one attached hydrogen (secondary N) is 1. The van der Waals surface area contributed by atoms with Crippen molar-refractivity contribution < 1.29 is 0 Å². The van der Waals surface area contributed by atoms with Crippen molar-refractivity contribution in [3.05, 3.63) is 66.5 Å². The largest absolute Gasteiger partial charge is 0.364 e. The molecule has 2 aromatic heterocycles. The summed E-state index contributed by atoms with van der Waals surface area (Å²) in [7, 11) is 2.04. The first-order valence-corrected chi connectivity index (χ1v) is 9.05. The maximum absolute atomic E-state index is 4.77. The van der Waals surface area contributed by atoms with Crippen molar-refractivity contribution in [1.29, 1.82) is 0 Å². The van der Waals surface area contributed by atoms with Crippen molar-refractivity contribution >= 4 is 11.8 Å². The standard InChI is InChI=1S/C21H25N5/c1-3-4-14-26(2)21-24-19(17-10-6-5-7-11-17)15-20(25-21)23-16-18-12-8-9-13-22-18/h5-13,15H,3-4,14,16H2,1-2H3,(H,23,24,25). The van der Waals surface area contributed by atoms with Crippen molar-refractivity contribution in [3.63, 3.8) is 0 Å². The Kier molecular flexibility index (Phi) is 6.14. The van der Waals surface area contributed by atoms with Gasteiger partial charge in [-0.3, -0.25) is 4.98 Å². The van der Waals surface area contributed by atoms with Crippen LogP contribution >= 0.6 is 0 Å². The van der Waals surface area contributed by atoms with Crippen LogP contribution in [0.25, 0.3) is 11.3 Å². The third-order valence-electron chi connectivity index (χ3n) is 4.15. The molecule has 3 aromatic rings. The fraction of sp³-hybridized carbons (Fsp3) is 0.286. The molecule has 0 spiro atoms. The summed E-state index contributed by atoms with van der Waals surface area (Å²) in [5, 5.41) is 3.38. The predicted octanol–water partition coefficient (Wildman–Crippen LogP) is 4.39. The number of rotatable bonds is 8. The number of hydrogen-bond donors (Lipinski definition) is 1. The average Bonchev–Trinajstić information content (AvgIpc) is 2.71. The molecule has 0 radical (unpaired) electrons. The highest BCUT2D eigenvalue weighted by Gasteiger charge is 2.10. The Hall–Kier alpha value is -2.95. The van der Waals surface area contributed by atoms with Crippen molar-refractivity contribution in [2.75, 3.05) is 23.8 Å². The molecule has 134 valence electrons. The molecule has 0 amide bonds. The zero-order chi connectivity index (χ0) is 18.2. The molecule has 0 saturated heterocycles. The lowest BCUT2D eigenvalue weighted by molar-refractivity contribution is 0.750. The van der Waals surface area contributed by atoms with E-state index in [1.807, 2.05) is 49.5 Å². The SMILES string of the molecule is CCCCN(C)c1nc(NCc2ccccn2)cc(-c2ccccc2)n1. The molecule has 0 aliphatic rings. The van der Waals surface area contributed by atoms with Gasteiger partial charge in [-0.1, -0.05) is 49.7 Å². The normalized spacial score (nSPS) is 10.5. The Morgan fingerprint density at radius 3 is 2.54 bits per heavy atom. The topological polar surface area (TPSA) is 53.9 Å². The van der Waals surface area contributed by atoms with E-state index in [0.29, 0.717) is 6.54 Å². The Bertz CT molecular complexity index is 805. The first kappa shape index (κ1) is 17.9. The summed E-state index contributed by atoms with van der Waals surface area (Å²) in [4.78, 5) is 15.9. The Morgan fingerprint density at radius 1 is 1.00 bits per heavy atom. The van der Waals surface area contributed by atoms with Gasteiger partial charge in [0.2, 0.25) is 5.95 Å². The van der Waals surface area contributed by atoms with Gasteiger partial charge in [0.1, 0.15) is 5.82 Å². The summed E-state index contributed by atoms with van der Waals surface area (Å²) < 4.78 is 0. The van der Waals surface area contributed by atoms with Gasteiger partial charge in [-0.2, -0.15) is 4.98 Å². The van der Waals surface area contributed by atoms with Gasteiger partial charge in [-0.15, -0.1) is 0 Å². The van der Waals surface area contributed by atoms with Crippen LogP contribution in [0.3, 0.4) is 0 Å². The lowest BCUT2D eigenvalue weighted by Crippen LogP contribution is -2.21. The number of benzene rings is 1. The molecule has 5 heteroatoms. The number of unbranched alkanes of at least 4 members (excludes halogenated alkanes) is 1. The summed E-state index contributed by atoms with van der Waals surface area (Å²) in [6.07, 6.45) is 4.07. The highest BCUT2D eigenvalue weighted by atomic mass is 15.2. The van der Waals surface area contributed by atoms with E-state index >= 15 is 0 Å². The predicted molar refractivity (Wildman–Crippen MR) is 107 cm³/mol. The number of nitrogens with zero attached hydrogens (tertiary/aromatic N) is 4. The average molecular weight is 347 g/mol. The maximum atomic E-state index is 4.77. The van der Waals surface area contributed by atoms with Gasteiger partial charge in [0, 0.05) is 31.4 Å². The van der Waals surface area contributed by atoms with Gasteiger partial charge in [0.05, 0.1) is 17.9 Å². The molecule has 0 bridgehead atoms. The maximum Gasteiger partial charge on any atom is 0.227 e. The van der Waals surface area contributed by atoms with Gasteiger partial charge in [-0.25, -0.2) is 4.98 Å². The zero-order valence-corrected chi connectivity index (χ0v) is 15.4. The Labute approximate surface area is 155 Å². The van der Waals surface area contributed by atoms with Crippen LogP contribution in [0.4, 0.5) is 11.8 Å². The van der Waals surface area contributed by atoms with Crippen LogP contribution in [-0.4, -0.2) is 28.5 Å². The quantitative estimate of drug-likeness (QED) is 0.655. The molecule has 0 aliphatic heterocycles. The molecule has 1 aromatic carbocycles. The van der Waals surface area contributed by atoms with Crippen LogP contribution in [-0.2, 0) is 6.54 Å². The van der Waals surface area contributed by atoms with Gasteiger partial charge in [0.25, 0.3) is 0 Å². The van der Waals surface area contributed by atoms with E-state index in [0.717, 1.165) is 48.1 Å². The van der Waals surface area contributed by atoms with Crippen molar-refractivity contribution in [2.24, 2.45) is 0 Å². The third-order valence-corrected chi connectivity index (χ3v) is 4.15. The third kappa shape index (κ3) is 4.79. The molecule has 0 saturated carbocycles. The minimum absolute atomic E-state index is 0.629. The lowest BCUT2D eigenvalue weighted by atomic mass is 10.1. The van der Waals surface area contributed by atoms with E-state index in [1.165, 1.54) is 0 Å². The van der Waals surface area contributed by atoms with Crippen molar-refractivity contribution in [3.8, 4) is 11.3 Å². The second kappa shape index (κ2) is 8.94. The van der Waals surface area contributed by atoms with E-state index in [1.54, 1.807) is 6.20 Å². The molecular weight excluding hydrogens is 322 g/mol. The molecule has 26 heavy (non-hydrogen) atoms. The van der Waals surface area contributed by atoms with E-state index in [4.69, 9.17) is 9.97 Å². The van der Waals surface area contributed by atoms with E-state index in [2.05, 4.69) is 34.3 Å². The van der Waals surface area contributed by atoms with E-state index < -0.39 is 0 Å². The van der Waals surface area contributed by atoms with Crippen LogP contribution in [0, 0.1) is 0 Å². The smallest absolute Gasteiger partial charge is 0.227 e. The summed E-state index contributed by atoms with van der Waals surface area (Å²) in [6, 6.07) is 18.1. The van der Waals surface area contributed by atoms with Gasteiger partial charge < -0.3 is 10.2 Å². The second-order valence-corrected chi connectivity index (χ2v) is 6.25. The summed E-state index contributed by atoms with van der Waals surface area (Å²) >= 11 is 0. The molecule has 2 heterocycles. The van der Waals surface area contributed by atoms with E-state index in [9.17, 15) is 0 Å². The number of pyridine rings is 1. The highest BCUT2D eigenvalue weighted by Crippen LogP contribution is 2.23. The number of anilines is 2. The molecule has 3 rings (SSSR count). The number of aromatic nitrogens is 3. The second-order valence-electron chi connectivity index (χ2n) is 6.25. The van der Waals surface area contributed by atoms with Crippen molar-refractivity contribution in [2.45, 2.75) is 26.3 Å². The van der Waals surface area contributed by atoms with Gasteiger partial charge in [0.15, 0.2) is 0 Å². The molecule has 0 fully saturated rings. The molecular formula is C21H25N5. The monoisotopic (exact) mass is 347 g/mol. The Balaban J connectivity index is 1.87. The van der Waals surface area contributed by atoms with Crippen LogP contribution in [0.15, 0.2) is 60.8 Å². The first-order valence-electron chi connectivity index (χ1n) is 9.05. The van der Waals surface area contributed by atoms with Crippen LogP contribution in [0.1, 0.15) is 25.5 Å².